The Labute approximate surface area is 205 Å². The number of carbonyl (C=O) groups excluding carboxylic acids is 1. The molecule has 0 saturated heterocycles. The number of allylic oxidation sites excluding steroid dienone is 1. The van der Waals surface area contributed by atoms with E-state index in [1.165, 1.54) is 35.6 Å². The molecule has 0 bridgehead atoms. The summed E-state index contributed by atoms with van der Waals surface area (Å²) >= 11 is 1.53. The summed E-state index contributed by atoms with van der Waals surface area (Å²) < 4.78 is 26.1. The van der Waals surface area contributed by atoms with Crippen molar-refractivity contribution in [3.63, 3.8) is 0 Å². The molecular formula is C25H22FN5O3S. The molecule has 0 spiro atoms. The molecule has 10 heteroatoms. The first-order chi connectivity index (χ1) is 17.0. The van der Waals surface area contributed by atoms with Crippen LogP contribution in [0, 0.1) is 5.82 Å². The Morgan fingerprint density at radius 2 is 1.94 bits per heavy atom. The van der Waals surface area contributed by atoms with Crippen LogP contribution in [0.1, 0.15) is 18.5 Å². The summed E-state index contributed by atoms with van der Waals surface area (Å²) in [5.74, 6) is 1.47. The lowest BCUT2D eigenvalue weighted by Gasteiger charge is -2.29. The number of rotatable bonds is 6. The average molecular weight is 492 g/mol. The Bertz CT molecular complexity index is 1410. The number of fused-ring (bicyclic) bond motifs is 1. The number of aromatic nitrogens is 3. The first kappa shape index (κ1) is 22.6. The number of ether oxygens (including phenoxy) is 2. The maximum absolute atomic E-state index is 13.6. The van der Waals surface area contributed by atoms with Gasteiger partial charge in [-0.1, -0.05) is 6.07 Å². The van der Waals surface area contributed by atoms with Gasteiger partial charge in [0.1, 0.15) is 23.4 Å². The highest BCUT2D eigenvalue weighted by Gasteiger charge is 2.36. The van der Waals surface area contributed by atoms with Crippen molar-refractivity contribution >= 4 is 28.9 Å². The van der Waals surface area contributed by atoms with E-state index in [-0.39, 0.29) is 11.7 Å². The van der Waals surface area contributed by atoms with Crippen molar-refractivity contribution in [2.45, 2.75) is 13.0 Å². The van der Waals surface area contributed by atoms with Gasteiger partial charge in [-0.2, -0.15) is 4.98 Å². The number of nitrogens with zero attached hydrogens (tertiary/aromatic N) is 3. The summed E-state index contributed by atoms with van der Waals surface area (Å²) in [6.07, 6.45) is 0. The van der Waals surface area contributed by atoms with Crippen LogP contribution < -0.4 is 20.1 Å². The molecule has 35 heavy (non-hydrogen) atoms. The molecule has 1 amide bonds. The highest BCUT2D eigenvalue weighted by atomic mass is 32.1. The van der Waals surface area contributed by atoms with Crippen LogP contribution in [0.15, 0.2) is 71.2 Å². The van der Waals surface area contributed by atoms with Gasteiger partial charge >= 0.3 is 0 Å². The van der Waals surface area contributed by atoms with E-state index >= 15 is 0 Å². The van der Waals surface area contributed by atoms with Gasteiger partial charge in [-0.15, -0.1) is 16.4 Å². The Hall–Kier alpha value is -4.18. The number of carbonyl (C=O) groups is 1. The molecule has 1 aliphatic heterocycles. The van der Waals surface area contributed by atoms with Crippen molar-refractivity contribution in [1.82, 2.24) is 14.8 Å². The quantitative estimate of drug-likeness (QED) is 0.391. The Balaban J connectivity index is 1.63. The van der Waals surface area contributed by atoms with E-state index in [1.807, 2.05) is 36.6 Å². The van der Waals surface area contributed by atoms with Crippen molar-refractivity contribution in [2.75, 3.05) is 24.9 Å². The second-order valence-electron chi connectivity index (χ2n) is 7.82. The Kier molecular flexibility index (Phi) is 5.96. The fraction of sp³-hybridized carbons (Fsp3) is 0.160. The number of thiophene rings is 1. The van der Waals surface area contributed by atoms with Gasteiger partial charge in [0.15, 0.2) is 5.82 Å². The molecule has 8 nitrogen and oxygen atoms in total. The number of amides is 1. The topological polar surface area (TPSA) is 90.3 Å². The molecule has 4 aromatic rings. The fourth-order valence-electron chi connectivity index (χ4n) is 4.02. The van der Waals surface area contributed by atoms with Gasteiger partial charge in [0.2, 0.25) is 5.95 Å². The first-order valence-corrected chi connectivity index (χ1v) is 11.6. The van der Waals surface area contributed by atoms with Crippen molar-refractivity contribution in [3.8, 4) is 22.2 Å². The molecule has 3 heterocycles. The SMILES string of the molecule is COc1ccc(C2C(C(=O)Nc3ccc(F)cc3)=C(C)Nc3nc(-c4cccs4)nn32)c(OC)c1. The van der Waals surface area contributed by atoms with Crippen LogP contribution in [0.3, 0.4) is 0 Å². The monoisotopic (exact) mass is 491 g/mol. The minimum absolute atomic E-state index is 0.358. The van der Waals surface area contributed by atoms with Gasteiger partial charge in [-0.25, -0.2) is 9.07 Å². The molecule has 178 valence electrons. The van der Waals surface area contributed by atoms with Crippen molar-refractivity contribution in [3.05, 3.63) is 82.6 Å². The maximum atomic E-state index is 13.6. The molecular weight excluding hydrogens is 469 g/mol. The maximum Gasteiger partial charge on any atom is 0.255 e. The second kappa shape index (κ2) is 9.22. The lowest BCUT2D eigenvalue weighted by molar-refractivity contribution is -0.113. The van der Waals surface area contributed by atoms with E-state index in [1.54, 1.807) is 25.0 Å². The van der Waals surface area contributed by atoms with E-state index in [9.17, 15) is 9.18 Å². The summed E-state index contributed by atoms with van der Waals surface area (Å²) in [6.45, 7) is 1.81. The molecule has 0 fully saturated rings. The summed E-state index contributed by atoms with van der Waals surface area (Å²) in [5, 5.41) is 12.8. The van der Waals surface area contributed by atoms with Crippen LogP contribution in [-0.2, 0) is 4.79 Å². The van der Waals surface area contributed by atoms with Crippen molar-refractivity contribution < 1.29 is 18.7 Å². The van der Waals surface area contributed by atoms with Crippen LogP contribution in [0.25, 0.3) is 10.7 Å². The van der Waals surface area contributed by atoms with Crippen LogP contribution >= 0.6 is 11.3 Å². The lowest BCUT2D eigenvalue weighted by atomic mass is 9.94. The summed E-state index contributed by atoms with van der Waals surface area (Å²) in [5.41, 5.74) is 2.22. The smallest absolute Gasteiger partial charge is 0.255 e. The molecule has 5 rings (SSSR count). The molecule has 2 N–H and O–H groups in total. The molecule has 1 aliphatic rings. The predicted molar refractivity (Wildman–Crippen MR) is 132 cm³/mol. The minimum atomic E-state index is -0.645. The van der Waals surface area contributed by atoms with Crippen molar-refractivity contribution in [2.24, 2.45) is 0 Å². The van der Waals surface area contributed by atoms with E-state index in [4.69, 9.17) is 14.6 Å². The fourth-order valence-corrected chi connectivity index (χ4v) is 4.67. The molecule has 1 unspecified atom stereocenters. The summed E-state index contributed by atoms with van der Waals surface area (Å²) in [6, 6.07) is 14.3. The number of halogens is 1. The van der Waals surface area contributed by atoms with Gasteiger partial charge in [0.05, 0.1) is 24.7 Å². The second-order valence-corrected chi connectivity index (χ2v) is 8.76. The zero-order valence-corrected chi connectivity index (χ0v) is 20.0. The summed E-state index contributed by atoms with van der Waals surface area (Å²) in [7, 11) is 3.14. The van der Waals surface area contributed by atoms with Crippen LogP contribution in [-0.4, -0.2) is 34.9 Å². The van der Waals surface area contributed by atoms with E-state index < -0.39 is 6.04 Å². The highest BCUT2D eigenvalue weighted by Crippen LogP contribution is 2.41. The number of methoxy groups -OCH3 is 2. The Morgan fingerprint density at radius 3 is 2.63 bits per heavy atom. The number of hydrogen-bond donors (Lipinski definition) is 2. The number of nitrogens with one attached hydrogen (secondary N) is 2. The van der Waals surface area contributed by atoms with Crippen LogP contribution in [0.4, 0.5) is 16.0 Å². The molecule has 1 atom stereocenters. The normalized spacial score (nSPS) is 14.8. The van der Waals surface area contributed by atoms with E-state index in [0.29, 0.717) is 45.8 Å². The molecule has 0 saturated carbocycles. The van der Waals surface area contributed by atoms with Gasteiger partial charge in [-0.05, 0) is 54.8 Å². The third-order valence-electron chi connectivity index (χ3n) is 5.68. The summed E-state index contributed by atoms with van der Waals surface area (Å²) in [4.78, 5) is 19.2. The predicted octanol–water partition coefficient (Wildman–Crippen LogP) is 5.09. The molecule has 2 aromatic heterocycles. The zero-order chi connectivity index (χ0) is 24.5. The number of hydrogen-bond acceptors (Lipinski definition) is 7. The Morgan fingerprint density at radius 1 is 1.14 bits per heavy atom. The standard InChI is InChI=1S/C25H22FN5O3S/c1-14-21(24(32)28-16-8-6-15(26)7-9-16)22(18-11-10-17(33-2)13-19(18)34-3)31-25(27-14)29-23(30-31)20-5-4-12-35-20/h4-13,22H,1-3H3,(H,28,32)(H,27,29,30). The molecule has 2 aromatic carbocycles. The largest absolute Gasteiger partial charge is 0.497 e. The lowest BCUT2D eigenvalue weighted by Crippen LogP contribution is -2.31. The van der Waals surface area contributed by atoms with E-state index in [0.717, 1.165) is 4.88 Å². The third kappa shape index (κ3) is 4.24. The molecule has 0 radical (unpaired) electrons. The third-order valence-corrected chi connectivity index (χ3v) is 6.54. The highest BCUT2D eigenvalue weighted by molar-refractivity contribution is 7.13. The number of anilines is 2. The van der Waals surface area contributed by atoms with Gasteiger partial charge in [-0.3, -0.25) is 4.79 Å². The van der Waals surface area contributed by atoms with Gasteiger partial charge < -0.3 is 20.1 Å². The van der Waals surface area contributed by atoms with Crippen LogP contribution in [0.5, 0.6) is 11.5 Å². The average Bonchev–Trinajstić information content (AvgIpc) is 3.54. The van der Waals surface area contributed by atoms with Crippen molar-refractivity contribution in [1.29, 1.82) is 0 Å². The molecule has 0 aliphatic carbocycles. The van der Waals surface area contributed by atoms with Gasteiger partial charge in [0, 0.05) is 23.0 Å². The van der Waals surface area contributed by atoms with E-state index in [2.05, 4.69) is 15.6 Å². The first-order valence-electron chi connectivity index (χ1n) is 10.8. The zero-order valence-electron chi connectivity index (χ0n) is 19.2. The minimum Gasteiger partial charge on any atom is -0.497 e. The number of benzene rings is 2. The van der Waals surface area contributed by atoms with Crippen LogP contribution in [0.2, 0.25) is 0 Å². The van der Waals surface area contributed by atoms with Gasteiger partial charge in [0.25, 0.3) is 5.91 Å².